The molecule has 6 nitrogen and oxygen atoms in total. The van der Waals surface area contributed by atoms with E-state index in [4.69, 9.17) is 11.6 Å². The molecule has 1 unspecified atom stereocenters. The lowest BCUT2D eigenvalue weighted by Gasteiger charge is -2.17. The molecule has 0 fully saturated rings. The zero-order valence-corrected chi connectivity index (χ0v) is 15.3. The largest absolute Gasteiger partial charge is 0.357 e. The molecule has 1 heterocycles. The van der Waals surface area contributed by atoms with E-state index in [2.05, 4.69) is 20.8 Å². The van der Waals surface area contributed by atoms with Crippen LogP contribution in [-0.2, 0) is 4.79 Å². The van der Waals surface area contributed by atoms with Crippen molar-refractivity contribution in [3.63, 3.8) is 0 Å². The summed E-state index contributed by atoms with van der Waals surface area (Å²) in [7, 11) is 1.37. The zero-order valence-electron chi connectivity index (χ0n) is 14.6. The maximum absolute atomic E-state index is 13.5. The quantitative estimate of drug-likeness (QED) is 0.610. The third-order valence-corrected chi connectivity index (χ3v) is 4.24. The molecule has 9 heteroatoms. The number of hydrogen-bond acceptors (Lipinski definition) is 3. The van der Waals surface area contributed by atoms with Gasteiger partial charge in [0.25, 0.3) is 5.91 Å². The Kier molecular flexibility index (Phi) is 5.70. The smallest absolute Gasteiger partial charge is 0.270 e. The Hall–Kier alpha value is -3.26. The number of likely N-dealkylation sites (N-methyl/N-ethyl adjacent to an activating group) is 1. The summed E-state index contributed by atoms with van der Waals surface area (Å²) in [6.07, 6.45) is 0. The first-order valence-electron chi connectivity index (χ1n) is 8.18. The van der Waals surface area contributed by atoms with Gasteiger partial charge in [-0.2, -0.15) is 5.10 Å². The van der Waals surface area contributed by atoms with Crippen molar-refractivity contribution in [1.82, 2.24) is 20.8 Å². The van der Waals surface area contributed by atoms with Crippen LogP contribution in [0.4, 0.5) is 8.78 Å². The molecule has 1 aromatic heterocycles. The number of amides is 2. The second kappa shape index (κ2) is 8.18. The molecule has 0 aliphatic heterocycles. The molecule has 3 N–H and O–H groups in total. The zero-order chi connectivity index (χ0) is 20.3. The van der Waals surface area contributed by atoms with Gasteiger partial charge in [0.15, 0.2) is 11.6 Å². The summed E-state index contributed by atoms with van der Waals surface area (Å²) < 4.78 is 26.7. The van der Waals surface area contributed by atoms with E-state index in [1.54, 1.807) is 24.3 Å². The summed E-state index contributed by atoms with van der Waals surface area (Å²) in [5, 5.41) is 12.0. The highest BCUT2D eigenvalue weighted by molar-refractivity contribution is 6.30. The maximum Gasteiger partial charge on any atom is 0.270 e. The number of nitrogens with zero attached hydrogens (tertiary/aromatic N) is 1. The molecule has 0 spiro atoms. The van der Waals surface area contributed by atoms with Crippen LogP contribution in [0.5, 0.6) is 0 Å². The van der Waals surface area contributed by atoms with Gasteiger partial charge >= 0.3 is 0 Å². The minimum Gasteiger partial charge on any atom is -0.357 e. The number of carbonyl (C=O) groups excluding carboxylic acids is 2. The van der Waals surface area contributed by atoms with Crippen molar-refractivity contribution in [2.75, 3.05) is 7.05 Å². The Labute approximate surface area is 163 Å². The number of aromatic amines is 1. The summed E-state index contributed by atoms with van der Waals surface area (Å²) >= 11 is 5.96. The minimum atomic E-state index is -1.22. The van der Waals surface area contributed by atoms with Crippen molar-refractivity contribution in [1.29, 1.82) is 0 Å². The normalized spacial score (nSPS) is 11.7. The lowest BCUT2D eigenvalue weighted by Crippen LogP contribution is -2.39. The van der Waals surface area contributed by atoms with Gasteiger partial charge in [-0.3, -0.25) is 14.7 Å². The van der Waals surface area contributed by atoms with Crippen molar-refractivity contribution in [2.24, 2.45) is 0 Å². The highest BCUT2D eigenvalue weighted by atomic mass is 35.5. The lowest BCUT2D eigenvalue weighted by molar-refractivity contribution is -0.122. The van der Waals surface area contributed by atoms with Crippen LogP contribution in [0.2, 0.25) is 5.02 Å². The Morgan fingerprint density at radius 3 is 2.57 bits per heavy atom. The van der Waals surface area contributed by atoms with Gasteiger partial charge < -0.3 is 10.6 Å². The second-order valence-electron chi connectivity index (χ2n) is 5.87. The van der Waals surface area contributed by atoms with Gasteiger partial charge in [-0.15, -0.1) is 0 Å². The van der Waals surface area contributed by atoms with Crippen LogP contribution < -0.4 is 10.6 Å². The Bertz CT molecular complexity index is 1040. The minimum absolute atomic E-state index is 0.0893. The number of hydrogen-bond donors (Lipinski definition) is 3. The molecule has 0 saturated heterocycles. The SMILES string of the molecule is CNC(=O)C(NC(=O)c1cc(-c2cccc(Cl)c2)n[nH]1)c1ccc(F)c(F)c1. The van der Waals surface area contributed by atoms with Crippen LogP contribution >= 0.6 is 11.6 Å². The van der Waals surface area contributed by atoms with Crippen LogP contribution in [0, 0.1) is 11.6 Å². The number of benzene rings is 2. The molecule has 0 bridgehead atoms. The van der Waals surface area contributed by atoms with Crippen LogP contribution in [-0.4, -0.2) is 29.1 Å². The third kappa shape index (κ3) is 4.17. The van der Waals surface area contributed by atoms with Crippen molar-refractivity contribution in [3.05, 3.63) is 76.4 Å². The van der Waals surface area contributed by atoms with Crippen LogP contribution in [0.1, 0.15) is 22.1 Å². The van der Waals surface area contributed by atoms with Gasteiger partial charge in [0.2, 0.25) is 5.91 Å². The van der Waals surface area contributed by atoms with Crippen LogP contribution in [0.15, 0.2) is 48.5 Å². The Morgan fingerprint density at radius 1 is 1.11 bits per heavy atom. The van der Waals surface area contributed by atoms with E-state index in [1.807, 2.05) is 0 Å². The lowest BCUT2D eigenvalue weighted by atomic mass is 10.1. The van der Waals surface area contributed by atoms with Gasteiger partial charge in [-0.1, -0.05) is 29.8 Å². The second-order valence-corrected chi connectivity index (χ2v) is 6.31. The number of aromatic nitrogens is 2. The molecule has 1 atom stereocenters. The molecule has 2 amide bonds. The van der Waals surface area contributed by atoms with E-state index in [-0.39, 0.29) is 11.3 Å². The Balaban J connectivity index is 1.84. The average molecular weight is 405 g/mol. The van der Waals surface area contributed by atoms with Gasteiger partial charge in [-0.05, 0) is 35.9 Å². The third-order valence-electron chi connectivity index (χ3n) is 4.00. The molecule has 2 aromatic carbocycles. The van der Waals surface area contributed by atoms with Crippen molar-refractivity contribution in [2.45, 2.75) is 6.04 Å². The fraction of sp³-hybridized carbons (Fsp3) is 0.105. The summed E-state index contributed by atoms with van der Waals surface area (Å²) in [5.74, 6) is -3.40. The standard InChI is InChI=1S/C19H15ClF2N4O2/c1-23-19(28)17(11-5-6-13(21)14(22)8-11)24-18(27)16-9-15(25-26-16)10-3-2-4-12(20)7-10/h2-9,17H,1H3,(H,23,28)(H,24,27)(H,25,26). The van der Waals surface area contributed by atoms with E-state index >= 15 is 0 Å². The topological polar surface area (TPSA) is 86.9 Å². The summed E-state index contributed by atoms with van der Waals surface area (Å²) in [4.78, 5) is 24.7. The first-order chi connectivity index (χ1) is 13.4. The van der Waals surface area contributed by atoms with Gasteiger partial charge in [-0.25, -0.2) is 8.78 Å². The van der Waals surface area contributed by atoms with E-state index in [1.165, 1.54) is 19.2 Å². The number of nitrogens with one attached hydrogen (secondary N) is 3. The Morgan fingerprint density at radius 2 is 1.89 bits per heavy atom. The summed E-state index contributed by atoms with van der Waals surface area (Å²) in [5.41, 5.74) is 1.37. The highest BCUT2D eigenvalue weighted by Gasteiger charge is 2.24. The number of carbonyl (C=O) groups is 2. The monoisotopic (exact) mass is 404 g/mol. The van der Waals surface area contributed by atoms with Crippen LogP contribution in [0.3, 0.4) is 0 Å². The number of rotatable bonds is 5. The fourth-order valence-electron chi connectivity index (χ4n) is 2.58. The number of H-pyrrole nitrogens is 1. The van der Waals surface area contributed by atoms with Gasteiger partial charge in [0, 0.05) is 17.6 Å². The van der Waals surface area contributed by atoms with E-state index in [9.17, 15) is 18.4 Å². The molecular weight excluding hydrogens is 390 g/mol. The van der Waals surface area contributed by atoms with E-state index in [0.29, 0.717) is 16.3 Å². The van der Waals surface area contributed by atoms with Gasteiger partial charge in [0.05, 0.1) is 5.69 Å². The molecule has 0 aliphatic carbocycles. The first kappa shape index (κ1) is 19.5. The summed E-state index contributed by atoms with van der Waals surface area (Å²) in [6.45, 7) is 0. The van der Waals surface area contributed by atoms with Crippen LogP contribution in [0.25, 0.3) is 11.3 Å². The van der Waals surface area contributed by atoms with E-state index in [0.717, 1.165) is 12.1 Å². The van der Waals surface area contributed by atoms with Crippen molar-refractivity contribution < 1.29 is 18.4 Å². The maximum atomic E-state index is 13.5. The highest BCUT2D eigenvalue weighted by Crippen LogP contribution is 2.22. The van der Waals surface area contributed by atoms with Crippen molar-refractivity contribution >= 4 is 23.4 Å². The molecule has 28 heavy (non-hydrogen) atoms. The molecule has 3 aromatic rings. The molecule has 0 radical (unpaired) electrons. The molecule has 144 valence electrons. The molecule has 0 saturated carbocycles. The van der Waals surface area contributed by atoms with Crippen molar-refractivity contribution in [3.8, 4) is 11.3 Å². The van der Waals surface area contributed by atoms with Gasteiger partial charge in [0.1, 0.15) is 11.7 Å². The predicted molar refractivity (Wildman–Crippen MR) is 99.7 cm³/mol. The molecular formula is C19H15ClF2N4O2. The predicted octanol–water partition coefficient (Wildman–Crippen LogP) is 3.23. The fourth-order valence-corrected chi connectivity index (χ4v) is 2.77. The summed E-state index contributed by atoms with van der Waals surface area (Å²) in [6, 6.07) is 10.2. The average Bonchev–Trinajstić information content (AvgIpc) is 3.18. The molecule has 0 aliphatic rings. The number of halogens is 3. The van der Waals surface area contributed by atoms with E-state index < -0.39 is 29.5 Å². The molecule has 3 rings (SSSR count). The first-order valence-corrected chi connectivity index (χ1v) is 8.55.